The van der Waals surface area contributed by atoms with Crippen LogP contribution in [0.3, 0.4) is 0 Å². The molecule has 0 amide bonds. The lowest BCUT2D eigenvalue weighted by Gasteiger charge is -2.42. The van der Waals surface area contributed by atoms with Crippen molar-refractivity contribution in [2.75, 3.05) is 0 Å². The highest BCUT2D eigenvalue weighted by Gasteiger charge is 2.41. The van der Waals surface area contributed by atoms with E-state index >= 15 is 0 Å². The van der Waals surface area contributed by atoms with Crippen molar-refractivity contribution in [2.45, 2.75) is 487 Å². The highest BCUT2D eigenvalue weighted by atomic mass is 14.5. The molecule has 12 unspecified atom stereocenters. The van der Waals surface area contributed by atoms with Crippen molar-refractivity contribution < 1.29 is 0 Å². The first-order valence-electron chi connectivity index (χ1n) is 48.4. The topological polar surface area (TPSA) is 0 Å². The molecule has 0 radical (unpaired) electrons. The van der Waals surface area contributed by atoms with Crippen molar-refractivity contribution in [3.63, 3.8) is 0 Å². The third-order valence-corrected chi connectivity index (χ3v) is 26.5. The van der Waals surface area contributed by atoms with Gasteiger partial charge in [0.15, 0.2) is 0 Å². The van der Waals surface area contributed by atoms with Gasteiger partial charge in [0.05, 0.1) is 0 Å². The Hall–Kier alpha value is 0. The molecule has 0 nitrogen and oxygen atoms in total. The molecule has 12 atom stereocenters. The molecular weight excluding hydrogens is 1250 g/mol. The van der Waals surface area contributed by atoms with Gasteiger partial charge in [0.2, 0.25) is 0 Å². The molecule has 8 saturated carbocycles. The van der Waals surface area contributed by atoms with Gasteiger partial charge in [-0.05, 0) is 299 Å². The lowest BCUT2D eigenvalue weighted by molar-refractivity contribution is 0.0793. The highest BCUT2D eigenvalue weighted by Crippen LogP contribution is 2.49. The predicted molar refractivity (Wildman–Crippen MR) is 497 cm³/mol. The Balaban J connectivity index is -0.000000138. The van der Waals surface area contributed by atoms with Crippen molar-refractivity contribution in [1.29, 1.82) is 0 Å². The van der Waals surface area contributed by atoms with Crippen LogP contribution < -0.4 is 0 Å². The molecule has 0 heterocycles. The van der Waals surface area contributed by atoms with E-state index in [1.165, 1.54) is 148 Å². The van der Waals surface area contributed by atoms with Gasteiger partial charge in [0.1, 0.15) is 0 Å². The van der Waals surface area contributed by atoms with Gasteiger partial charge in [-0.1, -0.05) is 378 Å². The normalized spacial score (nSPS) is 27.5. The Morgan fingerprint density at radius 3 is 0.423 bits per heavy atom. The van der Waals surface area contributed by atoms with Crippen molar-refractivity contribution in [1.82, 2.24) is 0 Å². The van der Waals surface area contributed by atoms with Gasteiger partial charge in [-0.3, -0.25) is 0 Å². The number of hydrogen-bond donors (Lipinski definition) is 0. The molecule has 8 aliphatic carbocycles. The van der Waals surface area contributed by atoms with E-state index in [2.05, 4.69) is 222 Å². The molecule has 0 heteroatoms. The summed E-state index contributed by atoms with van der Waals surface area (Å²) in [4.78, 5) is 0. The summed E-state index contributed by atoms with van der Waals surface area (Å²) in [5, 5.41) is 0. The van der Waals surface area contributed by atoms with E-state index in [0.717, 1.165) is 189 Å². The van der Waals surface area contributed by atoms with Gasteiger partial charge in [-0.2, -0.15) is 0 Å². The SMILES string of the molecule is C.CC.CC.CC.CC.CC.CC.CC.CC.CC(C)C1CC(C(C)C)C1.CC(C)C1CC1C(C)C.CC(C)C1CCC(C(C)C)C1.CC(C)C1CCC(C(C)C)CC1.CC(C)C1CCC1C(C)C.CC(C)C1CCCC(C(C)C)C1.CC(C)C1CCCC1C(C)C.CC(C)C1CCCCC1C(C)C. The van der Waals surface area contributed by atoms with E-state index in [-0.39, 0.29) is 7.43 Å². The van der Waals surface area contributed by atoms with Crippen LogP contribution in [0.25, 0.3) is 0 Å². The van der Waals surface area contributed by atoms with Gasteiger partial charge >= 0.3 is 0 Å². The maximum Gasteiger partial charge on any atom is -0.0357 e. The van der Waals surface area contributed by atoms with Gasteiger partial charge < -0.3 is 0 Å². The average molecular weight is 1480 g/mol. The van der Waals surface area contributed by atoms with E-state index in [0.29, 0.717) is 0 Å². The van der Waals surface area contributed by atoms with Crippen LogP contribution in [-0.4, -0.2) is 0 Å². The molecule has 0 aromatic rings. The monoisotopic (exact) mass is 1480 g/mol. The van der Waals surface area contributed by atoms with Crippen molar-refractivity contribution in [3.05, 3.63) is 0 Å². The van der Waals surface area contributed by atoms with E-state index in [9.17, 15) is 0 Å². The summed E-state index contributed by atoms with van der Waals surface area (Å²) < 4.78 is 0. The first-order chi connectivity index (χ1) is 48.4. The smallest absolute Gasteiger partial charge is 0.0357 e. The molecule has 8 aliphatic rings. The van der Waals surface area contributed by atoms with Crippen LogP contribution in [0.1, 0.15) is 487 Å². The summed E-state index contributed by atoms with van der Waals surface area (Å²) in [5.41, 5.74) is 0. The lowest BCUT2D eigenvalue weighted by Crippen LogP contribution is -2.33. The van der Waals surface area contributed by atoms with Gasteiger partial charge in [-0.15, -0.1) is 0 Å². The first-order valence-corrected chi connectivity index (χ1v) is 48.4. The van der Waals surface area contributed by atoms with Crippen LogP contribution in [0, 0.1) is 189 Å². The third kappa shape index (κ3) is 55.4. The summed E-state index contributed by atoms with van der Waals surface area (Å²) in [7, 11) is 0. The zero-order chi connectivity index (χ0) is 82.7. The zero-order valence-corrected chi connectivity index (χ0v) is 82.7. The average Bonchev–Trinajstić information content (AvgIpc) is 1.55. The minimum atomic E-state index is 0. The molecular formula is C104H226. The molecule has 104 heavy (non-hydrogen) atoms. The molecule has 0 saturated heterocycles. The Labute approximate surface area is 672 Å². The Morgan fingerprint density at radius 2 is 0.269 bits per heavy atom. The third-order valence-electron chi connectivity index (χ3n) is 26.5. The Bertz CT molecular complexity index is 1480. The molecule has 0 bridgehead atoms. The van der Waals surface area contributed by atoms with E-state index in [1.54, 1.807) is 0 Å². The summed E-state index contributed by atoms with van der Waals surface area (Å²) in [6.45, 7) is 108. The molecule has 8 rings (SSSR count). The number of hydrogen-bond acceptors (Lipinski definition) is 0. The molecule has 0 aliphatic heterocycles. The van der Waals surface area contributed by atoms with Crippen LogP contribution >= 0.6 is 0 Å². The van der Waals surface area contributed by atoms with Crippen LogP contribution in [0.2, 0.25) is 0 Å². The second-order valence-electron chi connectivity index (χ2n) is 37.9. The van der Waals surface area contributed by atoms with Crippen LogP contribution in [0.5, 0.6) is 0 Å². The summed E-state index contributed by atoms with van der Waals surface area (Å²) in [5.74, 6) is 31.2. The predicted octanol–water partition coefficient (Wildman–Crippen LogP) is 38.2. The zero-order valence-electron chi connectivity index (χ0n) is 82.7. The fourth-order valence-corrected chi connectivity index (χ4v) is 18.5. The minimum Gasteiger partial charge on any atom is -0.0776 e. The fraction of sp³-hybridized carbons (Fsp3) is 1.00. The second-order valence-corrected chi connectivity index (χ2v) is 37.9. The molecule has 0 aromatic heterocycles. The Morgan fingerprint density at radius 1 is 0.125 bits per heavy atom. The lowest BCUT2D eigenvalue weighted by atomic mass is 9.64. The van der Waals surface area contributed by atoms with E-state index < -0.39 is 0 Å². The highest BCUT2D eigenvalue weighted by molar-refractivity contribution is 4.90. The van der Waals surface area contributed by atoms with Crippen molar-refractivity contribution >= 4 is 0 Å². The van der Waals surface area contributed by atoms with Gasteiger partial charge in [0.25, 0.3) is 0 Å². The van der Waals surface area contributed by atoms with Crippen molar-refractivity contribution in [2.24, 2.45) is 189 Å². The molecule has 8 fully saturated rings. The maximum absolute atomic E-state index is 2.39. The molecule has 0 N–H and O–H groups in total. The number of rotatable bonds is 16. The molecule has 0 spiro atoms. The maximum atomic E-state index is 2.39. The van der Waals surface area contributed by atoms with Gasteiger partial charge in [-0.25, -0.2) is 0 Å². The van der Waals surface area contributed by atoms with Crippen molar-refractivity contribution in [3.8, 4) is 0 Å². The Kier molecular flexibility index (Phi) is 89.0. The quantitative estimate of drug-likeness (QED) is 0.144. The van der Waals surface area contributed by atoms with E-state index in [4.69, 9.17) is 0 Å². The standard InChI is InChI=1S/3C12H24.2C11H22.2C10H20.C9H18.8C2H6.CH4/c1-9(2)11-5-7-12(8-6-11)10(3)4;1-9(2)11-6-5-7-12(8-11)10(3)4;1-9(2)11-7-5-6-8-12(11)10(3)4;1-8(2)10-5-6-11(7-10)9(3)4;1-8(2)10-6-5-7-11(10)9(3)4;1-7(2)9-5-10(6-9)8(3)4;1-7(2)9-5-6-10(9)8(3)4;1-6(2)8-5-9(8)7(3)4;8*1-2;/h3*9-12H,5-8H2,1-4H3;2*8-11H,5-7H2,1-4H3;2*7-10H,5-6H2,1-4H3;6-9H,5H2,1-4H3;8*1-2H3;1H4. The van der Waals surface area contributed by atoms with Gasteiger partial charge in [0, 0.05) is 0 Å². The summed E-state index contributed by atoms with van der Waals surface area (Å²) >= 11 is 0. The summed E-state index contributed by atoms with van der Waals surface area (Å²) in [6, 6.07) is 0. The second kappa shape index (κ2) is 75.7. The van der Waals surface area contributed by atoms with Crippen LogP contribution in [0.15, 0.2) is 0 Å². The van der Waals surface area contributed by atoms with E-state index in [1.807, 2.05) is 111 Å². The largest absolute Gasteiger partial charge is 0.0776 e. The molecule has 642 valence electrons. The minimum absolute atomic E-state index is 0. The molecule has 0 aromatic carbocycles. The van der Waals surface area contributed by atoms with Crippen LogP contribution in [-0.2, 0) is 0 Å². The summed E-state index contributed by atoms with van der Waals surface area (Å²) in [6.07, 6.45) is 34.2. The fourth-order valence-electron chi connectivity index (χ4n) is 18.5. The first kappa shape index (κ1) is 122. The van der Waals surface area contributed by atoms with Crippen LogP contribution in [0.4, 0.5) is 0 Å².